The van der Waals surface area contributed by atoms with E-state index < -0.39 is 24.2 Å². The highest BCUT2D eigenvalue weighted by atomic mass is 19.4. The van der Waals surface area contributed by atoms with Crippen molar-refractivity contribution in [3.8, 4) is 0 Å². The standard InChI is InChI=1S/C13H12F3N3O2/c14-13(15,16)12(21)7-10(8-1-2-8)18-19(12)11(20)9-3-5-17-6-4-9/h3-6,8,21H,1-2,7H2/t12-/m0/s1. The third kappa shape index (κ3) is 2.29. The minimum Gasteiger partial charge on any atom is -0.362 e. The second-order valence-corrected chi connectivity index (χ2v) is 5.21. The summed E-state index contributed by atoms with van der Waals surface area (Å²) in [4.78, 5) is 15.9. The molecule has 1 fully saturated rings. The lowest BCUT2D eigenvalue weighted by Gasteiger charge is -2.32. The molecule has 2 heterocycles. The predicted molar refractivity (Wildman–Crippen MR) is 66.2 cm³/mol. The molecular formula is C13H12F3N3O2. The van der Waals surface area contributed by atoms with Crippen molar-refractivity contribution in [1.29, 1.82) is 0 Å². The smallest absolute Gasteiger partial charge is 0.362 e. The van der Waals surface area contributed by atoms with E-state index in [-0.39, 0.29) is 22.2 Å². The quantitative estimate of drug-likeness (QED) is 0.907. The predicted octanol–water partition coefficient (Wildman–Crippen LogP) is 1.94. The van der Waals surface area contributed by atoms with Crippen LogP contribution in [0.5, 0.6) is 0 Å². The Morgan fingerprint density at radius 1 is 1.33 bits per heavy atom. The van der Waals surface area contributed by atoms with E-state index in [9.17, 15) is 23.1 Å². The molecule has 0 radical (unpaired) electrons. The third-order valence-corrected chi connectivity index (χ3v) is 3.63. The minimum atomic E-state index is -4.98. The maximum absolute atomic E-state index is 13.2. The lowest BCUT2D eigenvalue weighted by molar-refractivity contribution is -0.297. The van der Waals surface area contributed by atoms with Gasteiger partial charge in [0.05, 0.1) is 0 Å². The third-order valence-electron chi connectivity index (χ3n) is 3.63. The number of rotatable bonds is 2. The van der Waals surface area contributed by atoms with Gasteiger partial charge in [-0.15, -0.1) is 0 Å². The van der Waals surface area contributed by atoms with Crippen LogP contribution in [-0.4, -0.2) is 38.6 Å². The molecule has 1 N–H and O–H groups in total. The number of amides is 1. The first-order chi connectivity index (χ1) is 9.83. The summed E-state index contributed by atoms with van der Waals surface area (Å²) in [5, 5.41) is 13.9. The normalized spacial score (nSPS) is 25.9. The van der Waals surface area contributed by atoms with Crippen molar-refractivity contribution in [2.75, 3.05) is 0 Å². The van der Waals surface area contributed by atoms with Gasteiger partial charge in [-0.25, -0.2) is 0 Å². The molecule has 1 aromatic heterocycles. The van der Waals surface area contributed by atoms with Crippen molar-refractivity contribution < 1.29 is 23.1 Å². The average molecular weight is 299 g/mol. The first-order valence-electron chi connectivity index (χ1n) is 6.44. The van der Waals surface area contributed by atoms with Gasteiger partial charge in [0.25, 0.3) is 11.6 Å². The van der Waals surface area contributed by atoms with Crippen molar-refractivity contribution in [2.45, 2.75) is 31.2 Å². The Kier molecular flexibility index (Phi) is 3.01. The number of carbonyl (C=O) groups is 1. The Morgan fingerprint density at radius 2 is 1.95 bits per heavy atom. The molecule has 5 nitrogen and oxygen atoms in total. The van der Waals surface area contributed by atoms with Crippen molar-refractivity contribution in [1.82, 2.24) is 9.99 Å². The second kappa shape index (κ2) is 4.52. The molecule has 21 heavy (non-hydrogen) atoms. The van der Waals surface area contributed by atoms with Gasteiger partial charge in [-0.2, -0.15) is 23.3 Å². The summed E-state index contributed by atoms with van der Waals surface area (Å²) >= 11 is 0. The van der Waals surface area contributed by atoms with Crippen molar-refractivity contribution >= 4 is 11.6 Å². The second-order valence-electron chi connectivity index (χ2n) is 5.21. The van der Waals surface area contributed by atoms with E-state index >= 15 is 0 Å². The Hall–Kier alpha value is -1.96. The molecule has 112 valence electrons. The Bertz CT molecular complexity index is 598. The summed E-state index contributed by atoms with van der Waals surface area (Å²) in [5.74, 6) is -1.05. The Labute approximate surface area is 118 Å². The molecule has 1 aliphatic carbocycles. The molecule has 0 unspecified atom stereocenters. The van der Waals surface area contributed by atoms with E-state index in [0.29, 0.717) is 0 Å². The van der Waals surface area contributed by atoms with Gasteiger partial charge in [0.1, 0.15) is 0 Å². The van der Waals surface area contributed by atoms with E-state index in [1.165, 1.54) is 24.5 Å². The number of hydrogen-bond donors (Lipinski definition) is 1. The number of aliphatic hydroxyl groups is 1. The van der Waals surface area contributed by atoms with Gasteiger partial charge >= 0.3 is 6.18 Å². The number of carbonyl (C=O) groups excluding carboxylic acids is 1. The maximum atomic E-state index is 13.2. The number of alkyl halides is 3. The van der Waals surface area contributed by atoms with Gasteiger partial charge in [-0.1, -0.05) is 0 Å². The first-order valence-corrected chi connectivity index (χ1v) is 6.44. The van der Waals surface area contributed by atoms with Crippen LogP contribution in [0.4, 0.5) is 13.2 Å². The highest BCUT2D eigenvalue weighted by Gasteiger charge is 2.64. The SMILES string of the molecule is O=C(c1ccncc1)N1N=C(C2CC2)C[C@]1(O)C(F)(F)F. The fraction of sp³-hybridized carbons (Fsp3) is 0.462. The highest BCUT2D eigenvalue weighted by Crippen LogP contribution is 2.45. The van der Waals surface area contributed by atoms with Gasteiger partial charge in [0, 0.05) is 30.1 Å². The minimum absolute atomic E-state index is 0.00604. The van der Waals surface area contributed by atoms with Crippen molar-refractivity contribution in [3.05, 3.63) is 30.1 Å². The maximum Gasteiger partial charge on any atom is 0.438 e. The molecule has 1 amide bonds. The number of hydrazone groups is 1. The zero-order valence-corrected chi connectivity index (χ0v) is 10.8. The molecule has 3 rings (SSSR count). The number of aromatic nitrogens is 1. The number of hydrogen-bond acceptors (Lipinski definition) is 4. The first kappa shape index (κ1) is 14.0. The average Bonchev–Trinajstić information content (AvgIpc) is 3.22. The largest absolute Gasteiger partial charge is 0.438 e. The summed E-state index contributed by atoms with van der Waals surface area (Å²) in [6.07, 6.45) is -1.59. The van der Waals surface area contributed by atoms with Gasteiger partial charge in [0.2, 0.25) is 0 Å². The van der Waals surface area contributed by atoms with E-state index in [4.69, 9.17) is 0 Å². The van der Waals surface area contributed by atoms with Crippen LogP contribution in [0.15, 0.2) is 29.6 Å². The van der Waals surface area contributed by atoms with E-state index in [1.54, 1.807) is 0 Å². The molecule has 1 atom stereocenters. The van der Waals surface area contributed by atoms with Crippen LogP contribution in [0.3, 0.4) is 0 Å². The molecule has 1 saturated carbocycles. The molecule has 0 bridgehead atoms. The summed E-state index contributed by atoms with van der Waals surface area (Å²) in [6, 6.07) is 2.56. The van der Waals surface area contributed by atoms with Gasteiger partial charge in [-0.05, 0) is 30.9 Å². The Balaban J connectivity index is 1.97. The van der Waals surface area contributed by atoms with Crippen LogP contribution >= 0.6 is 0 Å². The van der Waals surface area contributed by atoms with E-state index in [0.717, 1.165) is 12.8 Å². The van der Waals surface area contributed by atoms with E-state index in [1.807, 2.05) is 0 Å². The molecule has 0 saturated heterocycles. The highest BCUT2D eigenvalue weighted by molar-refractivity contribution is 5.99. The van der Waals surface area contributed by atoms with Gasteiger partial charge in [-0.3, -0.25) is 9.78 Å². The van der Waals surface area contributed by atoms with Crippen molar-refractivity contribution in [2.24, 2.45) is 11.0 Å². The molecule has 1 aliphatic heterocycles. The zero-order valence-electron chi connectivity index (χ0n) is 10.8. The van der Waals surface area contributed by atoms with Crippen LogP contribution in [0, 0.1) is 5.92 Å². The molecular weight excluding hydrogens is 287 g/mol. The fourth-order valence-corrected chi connectivity index (χ4v) is 2.27. The van der Waals surface area contributed by atoms with Crippen molar-refractivity contribution in [3.63, 3.8) is 0 Å². The number of pyridine rings is 1. The molecule has 2 aliphatic rings. The lowest BCUT2D eigenvalue weighted by atomic mass is 10.0. The van der Waals surface area contributed by atoms with E-state index in [2.05, 4.69) is 10.1 Å². The monoisotopic (exact) mass is 299 g/mol. The summed E-state index contributed by atoms with van der Waals surface area (Å²) in [7, 11) is 0. The topological polar surface area (TPSA) is 65.8 Å². The van der Waals surface area contributed by atoms with Crippen LogP contribution in [-0.2, 0) is 0 Å². The van der Waals surface area contributed by atoms with Crippen LogP contribution in [0.25, 0.3) is 0 Å². The number of halogens is 3. The van der Waals surface area contributed by atoms with Crippen LogP contribution in [0.1, 0.15) is 29.6 Å². The number of nitrogens with zero attached hydrogens (tertiary/aromatic N) is 3. The summed E-state index contributed by atoms with van der Waals surface area (Å²) in [6.45, 7) is 0. The fourth-order valence-electron chi connectivity index (χ4n) is 2.27. The van der Waals surface area contributed by atoms with Gasteiger partial charge in [0.15, 0.2) is 0 Å². The molecule has 8 heteroatoms. The van der Waals surface area contributed by atoms with Crippen LogP contribution < -0.4 is 0 Å². The molecule has 0 spiro atoms. The molecule has 1 aromatic rings. The van der Waals surface area contributed by atoms with Crippen LogP contribution in [0.2, 0.25) is 0 Å². The van der Waals surface area contributed by atoms with Gasteiger partial charge < -0.3 is 5.11 Å². The lowest BCUT2D eigenvalue weighted by Crippen LogP contribution is -2.56. The summed E-state index contributed by atoms with van der Waals surface area (Å²) < 4.78 is 39.6. The Morgan fingerprint density at radius 3 is 2.48 bits per heavy atom. The molecule has 0 aromatic carbocycles. The summed E-state index contributed by atoms with van der Waals surface area (Å²) in [5.41, 5.74) is -3.05. The zero-order chi connectivity index (χ0) is 15.3.